The monoisotopic (exact) mass is 225 g/mol. The second-order valence-corrected chi connectivity index (χ2v) is 3.82. The Bertz CT molecular complexity index is 395. The first-order valence-corrected chi connectivity index (χ1v) is 4.85. The summed E-state index contributed by atoms with van der Waals surface area (Å²) in [5.41, 5.74) is 2.44. The Morgan fingerprint density at radius 2 is 1.60 bits per heavy atom. The molecule has 0 radical (unpaired) electrons. The average Bonchev–Trinajstić information content (AvgIpc) is 2.13. The van der Waals surface area contributed by atoms with E-state index >= 15 is 0 Å². The molecule has 1 aromatic rings. The van der Waals surface area contributed by atoms with Crippen molar-refractivity contribution < 1.29 is 9.59 Å². The van der Waals surface area contributed by atoms with Gasteiger partial charge in [0.2, 0.25) is 0 Å². The summed E-state index contributed by atoms with van der Waals surface area (Å²) in [6.07, 6.45) is 0. The largest absolute Gasteiger partial charge is 0.323 e. The third kappa shape index (κ3) is 2.80. The smallest absolute Gasteiger partial charge is 0.269 e. The molecule has 0 aromatic heterocycles. The van der Waals surface area contributed by atoms with E-state index in [1.54, 1.807) is 12.1 Å². The summed E-state index contributed by atoms with van der Waals surface area (Å²) in [6, 6.07) is 5.41. The highest BCUT2D eigenvalue weighted by molar-refractivity contribution is 6.64. The van der Waals surface area contributed by atoms with E-state index in [4.69, 9.17) is 11.6 Å². The van der Waals surface area contributed by atoms with Gasteiger partial charge < -0.3 is 0 Å². The summed E-state index contributed by atoms with van der Waals surface area (Å²) in [5.74, 6) is -0.387. The zero-order valence-corrected chi connectivity index (χ0v) is 9.63. The average molecular weight is 226 g/mol. The second kappa shape index (κ2) is 4.45. The topological polar surface area (TPSA) is 37.4 Å². The quantitative estimate of drug-likeness (QED) is 0.544. The number of carbonyl (C=O) groups is 2. The summed E-state index contributed by atoms with van der Waals surface area (Å²) < 4.78 is 0. The molecule has 0 heterocycles. The Balaban J connectivity index is 3.06. The van der Waals surface area contributed by atoms with Gasteiger partial charge in [-0.15, -0.1) is 0 Å². The van der Waals surface area contributed by atoms with Crippen LogP contribution < -0.4 is 0 Å². The van der Waals surface area contributed by atoms with Crippen LogP contribution in [0.25, 0.3) is 0 Å². The highest BCUT2D eigenvalue weighted by Crippen LogP contribution is 2.11. The van der Waals surface area contributed by atoms with E-state index in [1.165, 1.54) is 7.05 Å². The fourth-order valence-electron chi connectivity index (χ4n) is 1.37. The third-order valence-corrected chi connectivity index (χ3v) is 2.29. The van der Waals surface area contributed by atoms with Crippen molar-refractivity contribution in [2.24, 2.45) is 0 Å². The zero-order chi connectivity index (χ0) is 11.6. The maximum Gasteiger partial charge on any atom is 0.323 e. The molecule has 0 saturated heterocycles. The molecule has 0 bridgehead atoms. The Morgan fingerprint density at radius 1 is 1.13 bits per heavy atom. The second-order valence-electron chi connectivity index (χ2n) is 3.49. The molecule has 0 aliphatic rings. The summed E-state index contributed by atoms with van der Waals surface area (Å²) in [5, 5.41) is -0.779. The SMILES string of the molecule is Cc1cc(C)cc(C(=O)N(C)C(=O)Cl)c1. The Hall–Kier alpha value is -1.35. The fraction of sp³-hybridized carbons (Fsp3) is 0.273. The Kier molecular flexibility index (Phi) is 3.48. The van der Waals surface area contributed by atoms with Crippen molar-refractivity contribution in [3.63, 3.8) is 0 Å². The molecular weight excluding hydrogens is 214 g/mol. The van der Waals surface area contributed by atoms with Gasteiger partial charge in [-0.2, -0.15) is 0 Å². The van der Waals surface area contributed by atoms with Crippen LogP contribution in [-0.4, -0.2) is 23.2 Å². The molecule has 0 unspecified atom stereocenters. The summed E-state index contributed by atoms with van der Waals surface area (Å²) in [6.45, 7) is 3.79. The molecule has 4 heteroatoms. The Labute approximate surface area is 93.6 Å². The van der Waals surface area contributed by atoms with Gasteiger partial charge in [-0.3, -0.25) is 14.5 Å². The van der Waals surface area contributed by atoms with Gasteiger partial charge in [-0.05, 0) is 37.6 Å². The lowest BCUT2D eigenvalue weighted by Crippen LogP contribution is -2.28. The van der Waals surface area contributed by atoms with Crippen LogP contribution in [0, 0.1) is 13.8 Å². The van der Waals surface area contributed by atoms with Gasteiger partial charge in [0.15, 0.2) is 0 Å². The first kappa shape index (κ1) is 11.7. The van der Waals surface area contributed by atoms with Crippen molar-refractivity contribution in [2.45, 2.75) is 13.8 Å². The Morgan fingerprint density at radius 3 is 2.00 bits per heavy atom. The van der Waals surface area contributed by atoms with E-state index in [9.17, 15) is 9.59 Å². The molecule has 0 aliphatic carbocycles. The van der Waals surface area contributed by atoms with Crippen LogP contribution in [0.1, 0.15) is 21.5 Å². The van der Waals surface area contributed by atoms with Crippen molar-refractivity contribution in [3.05, 3.63) is 34.9 Å². The normalized spacial score (nSPS) is 9.87. The molecule has 0 atom stereocenters. The van der Waals surface area contributed by atoms with Crippen molar-refractivity contribution in [1.29, 1.82) is 0 Å². The number of nitrogens with zero attached hydrogens (tertiary/aromatic N) is 1. The van der Waals surface area contributed by atoms with Crippen molar-refractivity contribution in [3.8, 4) is 0 Å². The fourth-order valence-corrected chi connectivity index (χ4v) is 1.45. The van der Waals surface area contributed by atoms with Crippen molar-refractivity contribution in [2.75, 3.05) is 7.05 Å². The predicted molar refractivity (Wildman–Crippen MR) is 59.3 cm³/mol. The van der Waals surface area contributed by atoms with Crippen LogP contribution >= 0.6 is 11.6 Å². The van der Waals surface area contributed by atoms with Crippen LogP contribution in [0.15, 0.2) is 18.2 Å². The van der Waals surface area contributed by atoms with E-state index in [2.05, 4.69) is 0 Å². The number of imide groups is 1. The molecule has 0 spiro atoms. The number of rotatable bonds is 1. The molecule has 1 rings (SSSR count). The van der Waals surface area contributed by atoms with Crippen molar-refractivity contribution >= 4 is 22.9 Å². The summed E-state index contributed by atoms with van der Waals surface area (Å²) >= 11 is 5.22. The lowest BCUT2D eigenvalue weighted by Gasteiger charge is -2.12. The van der Waals surface area contributed by atoms with Crippen LogP contribution in [0.4, 0.5) is 4.79 Å². The van der Waals surface area contributed by atoms with Crippen LogP contribution in [-0.2, 0) is 0 Å². The highest BCUT2D eigenvalue weighted by atomic mass is 35.5. The summed E-state index contributed by atoms with van der Waals surface area (Å²) in [4.78, 5) is 23.4. The predicted octanol–water partition coefficient (Wildman–Crippen LogP) is 2.73. The maximum absolute atomic E-state index is 11.7. The van der Waals surface area contributed by atoms with E-state index in [-0.39, 0.29) is 5.91 Å². The lowest BCUT2D eigenvalue weighted by atomic mass is 10.1. The van der Waals surface area contributed by atoms with E-state index in [0.29, 0.717) is 5.56 Å². The molecule has 80 valence electrons. The van der Waals surface area contributed by atoms with E-state index in [1.807, 2.05) is 19.9 Å². The van der Waals surface area contributed by atoms with E-state index in [0.717, 1.165) is 16.0 Å². The van der Waals surface area contributed by atoms with E-state index < -0.39 is 5.37 Å². The van der Waals surface area contributed by atoms with Gasteiger partial charge in [0.1, 0.15) is 0 Å². The first-order valence-electron chi connectivity index (χ1n) is 4.47. The number of aryl methyl sites for hydroxylation is 2. The van der Waals surface area contributed by atoms with Crippen LogP contribution in [0.5, 0.6) is 0 Å². The van der Waals surface area contributed by atoms with Gasteiger partial charge in [0, 0.05) is 12.6 Å². The first-order chi connectivity index (χ1) is 6.91. The number of amides is 2. The standard InChI is InChI=1S/C11H12ClNO2/c1-7-4-8(2)6-9(5-7)10(14)13(3)11(12)15/h4-6H,1-3H3. The van der Waals surface area contributed by atoms with Crippen molar-refractivity contribution in [1.82, 2.24) is 4.90 Å². The molecule has 3 nitrogen and oxygen atoms in total. The molecule has 15 heavy (non-hydrogen) atoms. The third-order valence-electron chi connectivity index (χ3n) is 2.04. The van der Waals surface area contributed by atoms with Crippen LogP contribution in [0.3, 0.4) is 0 Å². The van der Waals surface area contributed by atoms with Gasteiger partial charge in [0.25, 0.3) is 5.91 Å². The molecule has 0 N–H and O–H groups in total. The molecule has 0 saturated carbocycles. The molecule has 2 amide bonds. The number of halogens is 1. The molecular formula is C11H12ClNO2. The molecule has 0 fully saturated rings. The van der Waals surface area contributed by atoms with Gasteiger partial charge in [-0.25, -0.2) is 0 Å². The highest BCUT2D eigenvalue weighted by Gasteiger charge is 2.16. The summed E-state index contributed by atoms with van der Waals surface area (Å²) in [7, 11) is 1.36. The number of benzene rings is 1. The maximum atomic E-state index is 11.7. The lowest BCUT2D eigenvalue weighted by molar-refractivity contribution is 0.0847. The zero-order valence-electron chi connectivity index (χ0n) is 8.87. The molecule has 1 aromatic carbocycles. The minimum atomic E-state index is -0.779. The minimum Gasteiger partial charge on any atom is -0.269 e. The number of carbonyl (C=O) groups excluding carboxylic acids is 2. The van der Waals surface area contributed by atoms with Gasteiger partial charge in [-0.1, -0.05) is 17.2 Å². The van der Waals surface area contributed by atoms with Gasteiger partial charge >= 0.3 is 5.37 Å². The minimum absolute atomic E-state index is 0.387. The van der Waals surface area contributed by atoms with Gasteiger partial charge in [0.05, 0.1) is 0 Å². The molecule has 0 aliphatic heterocycles. The van der Waals surface area contributed by atoms with Crippen LogP contribution in [0.2, 0.25) is 0 Å². The number of hydrogen-bond donors (Lipinski definition) is 0. The number of hydrogen-bond acceptors (Lipinski definition) is 2.